The molecule has 0 atom stereocenters. The Bertz CT molecular complexity index is 1790. The lowest BCUT2D eigenvalue weighted by Crippen LogP contribution is -2.49. The second kappa shape index (κ2) is 11.9. The van der Waals surface area contributed by atoms with Crippen LogP contribution in [0.1, 0.15) is 11.3 Å². The lowest BCUT2D eigenvalue weighted by Gasteiger charge is -2.34. The van der Waals surface area contributed by atoms with Crippen LogP contribution in [-0.4, -0.2) is 57.9 Å². The van der Waals surface area contributed by atoms with Crippen LogP contribution >= 0.6 is 11.3 Å². The van der Waals surface area contributed by atoms with E-state index in [4.69, 9.17) is 9.72 Å². The molecule has 7 heteroatoms. The molecule has 0 spiro atoms. The predicted molar refractivity (Wildman–Crippen MR) is 169 cm³/mol. The summed E-state index contributed by atoms with van der Waals surface area (Å²) < 4.78 is 9.26. The summed E-state index contributed by atoms with van der Waals surface area (Å²) >= 11 is 1.82. The fourth-order valence-corrected chi connectivity index (χ4v) is 6.68. The summed E-state index contributed by atoms with van der Waals surface area (Å²) in [5.74, 6) is 0.0540. The molecule has 0 aliphatic carbocycles. The Morgan fingerprint density at radius 3 is 2.33 bits per heavy atom. The molecular weight excluding hydrogens is 540 g/mol. The van der Waals surface area contributed by atoms with Crippen molar-refractivity contribution in [1.82, 2.24) is 19.2 Å². The number of hydrogen-bond donors (Lipinski definition) is 0. The van der Waals surface area contributed by atoms with E-state index in [2.05, 4.69) is 82.2 Å². The van der Waals surface area contributed by atoms with Crippen molar-refractivity contribution in [3.8, 4) is 21.7 Å². The SMILES string of the molecule is O=C(COCc1ccccc1)N1CCN(Cc2c(-c3ccccc3)nc3ccc(-c4cc5ccccc5s4)cn23)CC1. The second-order valence-corrected chi connectivity index (χ2v) is 11.8. The molecule has 1 aliphatic rings. The van der Waals surface area contributed by atoms with E-state index < -0.39 is 0 Å². The molecule has 3 aromatic heterocycles. The van der Waals surface area contributed by atoms with Gasteiger partial charge in [0.2, 0.25) is 5.91 Å². The molecule has 1 saturated heterocycles. The van der Waals surface area contributed by atoms with Gasteiger partial charge in [0.1, 0.15) is 12.3 Å². The van der Waals surface area contributed by atoms with Crippen molar-refractivity contribution < 1.29 is 9.53 Å². The lowest BCUT2D eigenvalue weighted by molar-refractivity contribution is -0.138. The average Bonchev–Trinajstić information content (AvgIpc) is 3.64. The molecule has 3 aromatic carbocycles. The van der Waals surface area contributed by atoms with Gasteiger partial charge in [0.25, 0.3) is 0 Å². The zero-order valence-corrected chi connectivity index (χ0v) is 24.2. The molecule has 0 unspecified atom stereocenters. The van der Waals surface area contributed by atoms with Crippen LogP contribution in [0, 0.1) is 0 Å². The van der Waals surface area contributed by atoms with Crippen LogP contribution in [0.15, 0.2) is 109 Å². The lowest BCUT2D eigenvalue weighted by atomic mass is 10.1. The van der Waals surface area contributed by atoms with E-state index in [-0.39, 0.29) is 12.5 Å². The summed E-state index contributed by atoms with van der Waals surface area (Å²) in [5.41, 5.74) is 6.50. The third-order valence-corrected chi connectivity index (χ3v) is 9.08. The van der Waals surface area contributed by atoms with Gasteiger partial charge < -0.3 is 14.0 Å². The van der Waals surface area contributed by atoms with Crippen LogP contribution < -0.4 is 0 Å². The molecule has 0 radical (unpaired) electrons. The van der Waals surface area contributed by atoms with Crippen LogP contribution in [0.25, 0.3) is 37.4 Å². The number of nitrogens with zero attached hydrogens (tertiary/aromatic N) is 4. The minimum Gasteiger partial charge on any atom is -0.367 e. The Hall–Kier alpha value is -4.30. The molecule has 42 heavy (non-hydrogen) atoms. The summed E-state index contributed by atoms with van der Waals surface area (Å²) in [6.45, 7) is 4.32. The Balaban J connectivity index is 1.10. The number of carbonyl (C=O) groups is 1. The van der Waals surface area contributed by atoms with E-state index >= 15 is 0 Å². The summed E-state index contributed by atoms with van der Waals surface area (Å²) in [5, 5.41) is 1.27. The number of fused-ring (bicyclic) bond motifs is 2. The maximum Gasteiger partial charge on any atom is 0.248 e. The van der Waals surface area contributed by atoms with E-state index in [1.807, 2.05) is 52.6 Å². The molecule has 210 valence electrons. The van der Waals surface area contributed by atoms with Gasteiger partial charge in [-0.25, -0.2) is 4.98 Å². The predicted octanol–water partition coefficient (Wildman–Crippen LogP) is 6.74. The highest BCUT2D eigenvalue weighted by atomic mass is 32.1. The molecule has 0 bridgehead atoms. The minimum atomic E-state index is 0.0540. The molecular formula is C35H32N4O2S. The summed E-state index contributed by atoms with van der Waals surface area (Å²) in [4.78, 5) is 23.5. The number of rotatable bonds is 8. The van der Waals surface area contributed by atoms with Crippen molar-refractivity contribution in [2.75, 3.05) is 32.8 Å². The third-order valence-electron chi connectivity index (χ3n) is 7.91. The Labute approximate surface area is 249 Å². The zero-order chi connectivity index (χ0) is 28.3. The van der Waals surface area contributed by atoms with Crippen LogP contribution in [0.5, 0.6) is 0 Å². The maximum absolute atomic E-state index is 12.8. The number of ether oxygens (including phenoxy) is 1. The maximum atomic E-state index is 12.8. The number of thiophene rings is 1. The number of benzene rings is 3. The number of pyridine rings is 1. The van der Waals surface area contributed by atoms with Gasteiger partial charge in [-0.05, 0) is 35.2 Å². The number of amides is 1. The highest BCUT2D eigenvalue weighted by Gasteiger charge is 2.24. The van der Waals surface area contributed by atoms with Gasteiger partial charge in [0.05, 0.1) is 18.0 Å². The summed E-state index contributed by atoms with van der Waals surface area (Å²) in [7, 11) is 0. The fraction of sp³-hybridized carbons (Fsp3) is 0.200. The van der Waals surface area contributed by atoms with E-state index in [9.17, 15) is 4.79 Å². The van der Waals surface area contributed by atoms with Crippen molar-refractivity contribution >= 4 is 33.0 Å². The van der Waals surface area contributed by atoms with E-state index in [0.29, 0.717) is 19.7 Å². The zero-order valence-electron chi connectivity index (χ0n) is 23.4. The molecule has 6 nitrogen and oxygen atoms in total. The van der Waals surface area contributed by atoms with Crippen molar-refractivity contribution in [2.24, 2.45) is 0 Å². The Morgan fingerprint density at radius 1 is 0.810 bits per heavy atom. The topological polar surface area (TPSA) is 50.1 Å². The molecule has 0 N–H and O–H groups in total. The van der Waals surface area contributed by atoms with Gasteiger partial charge in [-0.3, -0.25) is 9.69 Å². The molecule has 7 rings (SSSR count). The van der Waals surface area contributed by atoms with Crippen LogP contribution in [0.4, 0.5) is 0 Å². The van der Waals surface area contributed by atoms with E-state index in [1.54, 1.807) is 0 Å². The standard InChI is InChI=1S/C35H32N4O2S/c40-34(25-41-24-26-9-3-1-4-10-26)38-19-17-37(18-20-38)23-30-35(27-11-5-2-6-12-27)36-33-16-15-29(22-39(30)33)32-21-28-13-7-8-14-31(28)42-32/h1-16,21-22H,17-20,23-25H2. The second-order valence-electron chi connectivity index (χ2n) is 10.7. The number of hydrogen-bond acceptors (Lipinski definition) is 5. The fourth-order valence-electron chi connectivity index (χ4n) is 5.63. The highest BCUT2D eigenvalue weighted by molar-refractivity contribution is 7.22. The van der Waals surface area contributed by atoms with Crippen LogP contribution in [0.2, 0.25) is 0 Å². The highest BCUT2D eigenvalue weighted by Crippen LogP contribution is 2.35. The minimum absolute atomic E-state index is 0.0540. The van der Waals surface area contributed by atoms with Gasteiger partial charge in [-0.15, -0.1) is 11.3 Å². The molecule has 0 saturated carbocycles. The molecule has 4 heterocycles. The molecule has 1 aliphatic heterocycles. The molecule has 6 aromatic rings. The van der Waals surface area contributed by atoms with Gasteiger partial charge in [0.15, 0.2) is 0 Å². The quantitative estimate of drug-likeness (QED) is 0.203. The largest absolute Gasteiger partial charge is 0.367 e. The smallest absolute Gasteiger partial charge is 0.248 e. The van der Waals surface area contributed by atoms with Crippen molar-refractivity contribution in [3.63, 3.8) is 0 Å². The first-order valence-electron chi connectivity index (χ1n) is 14.4. The first-order chi connectivity index (χ1) is 20.7. The van der Waals surface area contributed by atoms with Gasteiger partial charge in [-0.1, -0.05) is 78.9 Å². The number of piperazine rings is 1. The normalized spacial score (nSPS) is 14.1. The van der Waals surface area contributed by atoms with E-state index in [0.717, 1.165) is 42.1 Å². The number of aromatic nitrogens is 2. The number of carbonyl (C=O) groups excluding carboxylic acids is 1. The molecule has 1 amide bonds. The van der Waals surface area contributed by atoms with E-state index in [1.165, 1.54) is 26.2 Å². The Morgan fingerprint density at radius 2 is 1.55 bits per heavy atom. The first-order valence-corrected chi connectivity index (χ1v) is 15.2. The van der Waals surface area contributed by atoms with Crippen LogP contribution in [0.3, 0.4) is 0 Å². The summed E-state index contributed by atoms with van der Waals surface area (Å²) in [6, 6.07) is 35.5. The first kappa shape index (κ1) is 26.6. The monoisotopic (exact) mass is 572 g/mol. The van der Waals surface area contributed by atoms with Crippen molar-refractivity contribution in [2.45, 2.75) is 13.2 Å². The van der Waals surface area contributed by atoms with Gasteiger partial charge >= 0.3 is 0 Å². The third kappa shape index (κ3) is 5.59. The van der Waals surface area contributed by atoms with Gasteiger partial charge in [-0.2, -0.15) is 0 Å². The Kier molecular flexibility index (Phi) is 7.53. The number of imidazole rings is 1. The van der Waals surface area contributed by atoms with Gasteiger partial charge in [0, 0.05) is 59.6 Å². The molecule has 1 fully saturated rings. The van der Waals surface area contributed by atoms with Crippen molar-refractivity contribution in [3.05, 3.63) is 121 Å². The van der Waals surface area contributed by atoms with Crippen molar-refractivity contribution in [1.29, 1.82) is 0 Å². The van der Waals surface area contributed by atoms with Crippen LogP contribution in [-0.2, 0) is 22.7 Å². The summed E-state index contributed by atoms with van der Waals surface area (Å²) in [6.07, 6.45) is 2.23. The average molecular weight is 573 g/mol.